The van der Waals surface area contributed by atoms with Gasteiger partial charge in [-0.25, -0.2) is 0 Å². The first-order valence-corrected chi connectivity index (χ1v) is 4.41. The van der Waals surface area contributed by atoms with Crippen LogP contribution in [0.5, 0.6) is 0 Å². The van der Waals surface area contributed by atoms with Gasteiger partial charge in [0.15, 0.2) is 5.78 Å². The van der Waals surface area contributed by atoms with Crippen LogP contribution in [0.15, 0.2) is 0 Å². The van der Waals surface area contributed by atoms with Gasteiger partial charge in [-0.3, -0.25) is 9.59 Å². The second-order valence-corrected chi connectivity index (χ2v) is 3.57. The molecule has 0 radical (unpaired) electrons. The van der Waals surface area contributed by atoms with Crippen LogP contribution in [0, 0.1) is 0 Å². The number of amides is 1. The van der Waals surface area contributed by atoms with Crippen molar-refractivity contribution in [2.45, 2.75) is 38.2 Å². The normalized spacial score (nSPS) is 29.1. The highest BCUT2D eigenvalue weighted by molar-refractivity contribution is 6.21. The Kier molecular flexibility index (Phi) is 2.73. The van der Waals surface area contributed by atoms with Gasteiger partial charge in [-0.2, -0.15) is 0 Å². The number of Topliss-reactive ketones (excluding diaryl/α,β-unsaturated/α-hetero) is 1. The van der Waals surface area contributed by atoms with Gasteiger partial charge in [0.05, 0.1) is 6.04 Å². The van der Waals surface area contributed by atoms with Gasteiger partial charge in [0, 0.05) is 6.92 Å². The highest BCUT2D eigenvalue weighted by Gasteiger charge is 2.36. The minimum absolute atomic E-state index is 0.0216. The first-order chi connectivity index (χ1) is 5.54. The molecule has 1 heterocycles. The zero-order valence-electron chi connectivity index (χ0n) is 7.21. The zero-order valence-corrected chi connectivity index (χ0v) is 7.97. The van der Waals surface area contributed by atoms with E-state index in [2.05, 4.69) is 0 Å². The summed E-state index contributed by atoms with van der Waals surface area (Å²) < 4.78 is 0. The second kappa shape index (κ2) is 3.44. The number of halogens is 1. The fourth-order valence-electron chi connectivity index (χ4n) is 1.58. The van der Waals surface area contributed by atoms with Gasteiger partial charge in [0.25, 0.3) is 0 Å². The number of alkyl halides is 1. The summed E-state index contributed by atoms with van der Waals surface area (Å²) in [5.41, 5.74) is -0.295. The molecule has 2 atom stereocenters. The van der Waals surface area contributed by atoms with Gasteiger partial charge >= 0.3 is 0 Å². The van der Waals surface area contributed by atoms with Crippen molar-refractivity contribution in [3.05, 3.63) is 0 Å². The van der Waals surface area contributed by atoms with Crippen molar-refractivity contribution in [2.75, 3.05) is 0 Å². The minimum atomic E-state index is -0.295. The lowest BCUT2D eigenvalue weighted by molar-refractivity contribution is -0.135. The number of carbonyl (C=O) groups is 2. The maximum atomic E-state index is 11.1. The Morgan fingerprint density at radius 2 is 1.92 bits per heavy atom. The monoisotopic (exact) mass is 189 g/mol. The molecule has 1 amide bonds. The summed E-state index contributed by atoms with van der Waals surface area (Å²) >= 11 is 5.86. The Bertz CT molecular complexity index is 217. The summed E-state index contributed by atoms with van der Waals surface area (Å²) in [5.74, 6) is -0.0962. The van der Waals surface area contributed by atoms with Crippen molar-refractivity contribution < 1.29 is 9.59 Å². The molecule has 0 aromatic heterocycles. The molecule has 0 saturated carbocycles. The van der Waals surface area contributed by atoms with Crippen LogP contribution in [0.4, 0.5) is 0 Å². The van der Waals surface area contributed by atoms with E-state index in [4.69, 9.17) is 11.6 Å². The number of nitrogens with zero attached hydrogens (tertiary/aromatic N) is 1. The third-order valence-electron chi connectivity index (χ3n) is 2.15. The molecule has 2 unspecified atom stereocenters. The van der Waals surface area contributed by atoms with Crippen LogP contribution in [0.1, 0.15) is 26.7 Å². The van der Waals surface area contributed by atoms with Crippen LogP contribution in [0.2, 0.25) is 0 Å². The summed E-state index contributed by atoms with van der Waals surface area (Å²) in [4.78, 5) is 23.6. The lowest BCUT2D eigenvalue weighted by Crippen LogP contribution is -2.41. The summed E-state index contributed by atoms with van der Waals surface area (Å²) in [5, 5.41) is 0. The molecule has 0 aliphatic carbocycles. The lowest BCUT2D eigenvalue weighted by atomic mass is 10.1. The average Bonchev–Trinajstić information content (AvgIpc) is 2.30. The fourth-order valence-corrected chi connectivity index (χ4v) is 1.98. The predicted octanol–water partition coefficient (Wildman–Crippen LogP) is 1.15. The Morgan fingerprint density at radius 3 is 2.25 bits per heavy atom. The van der Waals surface area contributed by atoms with Crippen LogP contribution >= 0.6 is 11.6 Å². The van der Waals surface area contributed by atoms with Gasteiger partial charge < -0.3 is 4.90 Å². The van der Waals surface area contributed by atoms with Crippen molar-refractivity contribution in [2.24, 2.45) is 0 Å². The van der Waals surface area contributed by atoms with E-state index in [1.54, 1.807) is 0 Å². The third-order valence-corrected chi connectivity index (χ3v) is 2.58. The molecule has 0 spiro atoms. The van der Waals surface area contributed by atoms with Gasteiger partial charge in [-0.05, 0) is 19.8 Å². The quantitative estimate of drug-likeness (QED) is 0.459. The van der Waals surface area contributed by atoms with E-state index in [0.29, 0.717) is 12.8 Å². The molecular formula is C8H12ClNO2. The van der Waals surface area contributed by atoms with E-state index >= 15 is 0 Å². The fraction of sp³-hybridized carbons (Fsp3) is 0.750. The van der Waals surface area contributed by atoms with E-state index in [1.165, 1.54) is 18.7 Å². The summed E-state index contributed by atoms with van der Waals surface area (Å²) in [6.45, 7) is 2.94. The molecule has 1 rings (SSSR count). The van der Waals surface area contributed by atoms with Crippen molar-refractivity contribution in [1.82, 2.24) is 4.90 Å². The lowest BCUT2D eigenvalue weighted by Gasteiger charge is -2.23. The topological polar surface area (TPSA) is 37.4 Å². The third kappa shape index (κ3) is 1.61. The number of hydrogen-bond acceptors (Lipinski definition) is 2. The molecule has 12 heavy (non-hydrogen) atoms. The molecule has 0 N–H and O–H groups in total. The first kappa shape index (κ1) is 9.52. The number of rotatable bonds is 1. The molecule has 4 heteroatoms. The molecule has 1 aliphatic rings. The maximum absolute atomic E-state index is 11.1. The van der Waals surface area contributed by atoms with Crippen LogP contribution in [0.25, 0.3) is 0 Å². The minimum Gasteiger partial charge on any atom is -0.316 e. The summed E-state index contributed by atoms with van der Waals surface area (Å²) in [6.07, 6.45) is 1.41. The number of carbonyl (C=O) groups excluding carboxylic acids is 2. The van der Waals surface area contributed by atoms with Crippen molar-refractivity contribution in [3.63, 3.8) is 0 Å². The number of hydrogen-bond donors (Lipinski definition) is 0. The molecule has 3 nitrogen and oxygen atoms in total. The molecule has 1 aliphatic heterocycles. The highest BCUT2D eigenvalue weighted by Crippen LogP contribution is 2.27. The second-order valence-electron chi connectivity index (χ2n) is 3.06. The summed E-state index contributed by atoms with van der Waals surface area (Å²) in [6, 6.07) is -0.287. The van der Waals surface area contributed by atoms with Crippen LogP contribution in [-0.4, -0.2) is 28.1 Å². The van der Waals surface area contributed by atoms with E-state index in [0.717, 1.165) is 0 Å². The van der Waals surface area contributed by atoms with Crippen molar-refractivity contribution >= 4 is 23.3 Å². The molecule has 0 bridgehead atoms. The van der Waals surface area contributed by atoms with E-state index in [1.807, 2.05) is 0 Å². The van der Waals surface area contributed by atoms with E-state index in [-0.39, 0.29) is 23.2 Å². The van der Waals surface area contributed by atoms with Crippen molar-refractivity contribution in [1.29, 1.82) is 0 Å². The maximum Gasteiger partial charge on any atom is 0.221 e. The van der Waals surface area contributed by atoms with Gasteiger partial charge in [-0.1, -0.05) is 11.6 Å². The van der Waals surface area contributed by atoms with E-state index in [9.17, 15) is 9.59 Å². The predicted molar refractivity (Wildman–Crippen MR) is 45.9 cm³/mol. The Hall–Kier alpha value is -0.570. The highest BCUT2D eigenvalue weighted by atomic mass is 35.5. The zero-order chi connectivity index (χ0) is 9.30. The molecule has 1 saturated heterocycles. The Balaban J connectivity index is 2.77. The standard InChI is InChI=1S/C8H12ClNO2/c1-5(11)7-3-4-8(9)10(7)6(2)12/h7-8H,3-4H2,1-2H3. The average molecular weight is 190 g/mol. The smallest absolute Gasteiger partial charge is 0.221 e. The first-order valence-electron chi connectivity index (χ1n) is 3.97. The van der Waals surface area contributed by atoms with Crippen LogP contribution in [0.3, 0.4) is 0 Å². The van der Waals surface area contributed by atoms with Gasteiger partial charge in [0.2, 0.25) is 5.91 Å². The molecule has 68 valence electrons. The SMILES string of the molecule is CC(=O)C1CCC(Cl)N1C(C)=O. The van der Waals surface area contributed by atoms with Gasteiger partial charge in [0.1, 0.15) is 5.50 Å². The number of likely N-dealkylation sites (tertiary alicyclic amines) is 1. The largest absolute Gasteiger partial charge is 0.316 e. The van der Waals surface area contributed by atoms with Crippen molar-refractivity contribution in [3.8, 4) is 0 Å². The number of ketones is 1. The molecule has 0 aromatic carbocycles. The Labute approximate surface area is 76.7 Å². The summed E-state index contributed by atoms with van der Waals surface area (Å²) in [7, 11) is 0. The molecular weight excluding hydrogens is 178 g/mol. The molecule has 0 aromatic rings. The van der Waals surface area contributed by atoms with Gasteiger partial charge in [-0.15, -0.1) is 0 Å². The van der Waals surface area contributed by atoms with E-state index < -0.39 is 0 Å². The molecule has 1 fully saturated rings. The Morgan fingerprint density at radius 1 is 1.33 bits per heavy atom. The van der Waals surface area contributed by atoms with Crippen LogP contribution < -0.4 is 0 Å². The van der Waals surface area contributed by atoms with Crippen LogP contribution in [-0.2, 0) is 9.59 Å².